The van der Waals surface area contributed by atoms with Crippen molar-refractivity contribution in [3.05, 3.63) is 59.7 Å². The molecule has 1 aliphatic rings. The van der Waals surface area contributed by atoms with Gasteiger partial charge in [-0.1, -0.05) is 50.6 Å². The average Bonchev–Trinajstić information content (AvgIpc) is 2.97. The summed E-state index contributed by atoms with van der Waals surface area (Å²) >= 11 is 0. The van der Waals surface area contributed by atoms with Gasteiger partial charge in [-0.2, -0.15) is 0 Å². The predicted molar refractivity (Wildman–Crippen MR) is 155 cm³/mol. The number of hydrogen-bond donors (Lipinski definition) is 3. The Hall–Kier alpha value is -3.59. The normalized spacial score (nSPS) is 22.6. The minimum Gasteiger partial charge on any atom is -0.497 e. The fourth-order valence-electron chi connectivity index (χ4n) is 4.69. The van der Waals surface area contributed by atoms with Crippen LogP contribution in [0.4, 0.5) is 0 Å². The van der Waals surface area contributed by atoms with E-state index < -0.39 is 18.1 Å². The topological polar surface area (TPSA) is 109 Å². The molecule has 9 nitrogen and oxygen atoms in total. The smallest absolute Gasteiger partial charge is 0.243 e. The Balaban J connectivity index is 1.85. The molecule has 0 aliphatic carbocycles. The molecule has 0 radical (unpaired) electrons. The Morgan fingerprint density at radius 1 is 1.05 bits per heavy atom. The molecule has 3 N–H and O–H groups in total. The lowest BCUT2D eigenvalue weighted by molar-refractivity contribution is -0.141. The molecule has 0 fully saturated rings. The Kier molecular flexibility index (Phi) is 11.8. The molecule has 9 heteroatoms. The number of nitrogens with zero attached hydrogens (tertiary/aromatic N) is 1. The maximum Gasteiger partial charge on any atom is 0.243 e. The van der Waals surface area contributed by atoms with Crippen LogP contribution in [0.3, 0.4) is 0 Å². The number of amides is 3. The molecule has 0 saturated heterocycles. The number of carbonyl (C=O) groups is 3. The summed E-state index contributed by atoms with van der Waals surface area (Å²) < 4.78 is 11.3. The monoisotopic (exact) mass is 552 g/mol. The van der Waals surface area contributed by atoms with Crippen LogP contribution >= 0.6 is 0 Å². The van der Waals surface area contributed by atoms with Crippen molar-refractivity contribution in [2.24, 2.45) is 5.92 Å². The number of rotatable bonds is 5. The first-order valence-electron chi connectivity index (χ1n) is 14.2. The highest BCUT2D eigenvalue weighted by atomic mass is 16.5. The van der Waals surface area contributed by atoms with Gasteiger partial charge in [-0.05, 0) is 55.0 Å². The zero-order chi connectivity index (χ0) is 29.1. The number of methoxy groups -OCH3 is 1. The van der Waals surface area contributed by atoms with Crippen LogP contribution in [0.2, 0.25) is 0 Å². The van der Waals surface area contributed by atoms with Gasteiger partial charge in [0.2, 0.25) is 17.7 Å². The van der Waals surface area contributed by atoms with Gasteiger partial charge in [0.1, 0.15) is 30.2 Å². The van der Waals surface area contributed by atoms with E-state index in [1.807, 2.05) is 62.4 Å². The number of fused-ring (bicyclic) bond motifs is 1. The highest BCUT2D eigenvalue weighted by molar-refractivity contribution is 5.93. The minimum absolute atomic E-state index is 0.0525. The lowest BCUT2D eigenvalue weighted by atomic mass is 9.97. The van der Waals surface area contributed by atoms with E-state index in [2.05, 4.69) is 16.0 Å². The van der Waals surface area contributed by atoms with Crippen LogP contribution in [-0.2, 0) is 27.2 Å². The zero-order valence-corrected chi connectivity index (χ0v) is 24.4. The van der Waals surface area contributed by atoms with Crippen molar-refractivity contribution in [2.75, 3.05) is 33.9 Å². The van der Waals surface area contributed by atoms with Gasteiger partial charge < -0.3 is 30.3 Å². The molecule has 2 aromatic rings. The van der Waals surface area contributed by atoms with Gasteiger partial charge in [0.05, 0.1) is 13.2 Å². The number of aryl methyl sites for hydroxylation is 1. The van der Waals surface area contributed by atoms with Crippen molar-refractivity contribution in [1.29, 1.82) is 0 Å². The van der Waals surface area contributed by atoms with Crippen LogP contribution in [0.5, 0.6) is 11.5 Å². The summed E-state index contributed by atoms with van der Waals surface area (Å²) in [6.45, 7) is 7.09. The fraction of sp³-hybridized carbons (Fsp3) is 0.516. The Morgan fingerprint density at radius 2 is 1.77 bits per heavy atom. The number of hydrogen-bond acceptors (Lipinski definition) is 6. The Morgan fingerprint density at radius 3 is 2.48 bits per heavy atom. The molecule has 0 spiro atoms. The van der Waals surface area contributed by atoms with Gasteiger partial charge in [-0.3, -0.25) is 14.4 Å². The quantitative estimate of drug-likeness (QED) is 0.527. The summed E-state index contributed by atoms with van der Waals surface area (Å²) in [5, 5.41) is 9.25. The number of likely N-dealkylation sites (N-methyl/N-ethyl adjacent to an activating group) is 1. The predicted octanol–water partition coefficient (Wildman–Crippen LogP) is 2.72. The van der Waals surface area contributed by atoms with E-state index in [9.17, 15) is 14.4 Å². The third-order valence-electron chi connectivity index (χ3n) is 7.64. The maximum atomic E-state index is 13.5. The highest BCUT2D eigenvalue weighted by Gasteiger charge is 2.32. The van der Waals surface area contributed by atoms with Gasteiger partial charge >= 0.3 is 0 Å². The van der Waals surface area contributed by atoms with E-state index >= 15 is 0 Å². The van der Waals surface area contributed by atoms with Crippen LogP contribution < -0.4 is 25.4 Å². The van der Waals surface area contributed by atoms with Gasteiger partial charge in [-0.15, -0.1) is 0 Å². The van der Waals surface area contributed by atoms with Crippen LogP contribution in [0, 0.1) is 5.92 Å². The molecule has 4 atom stereocenters. The van der Waals surface area contributed by atoms with Crippen molar-refractivity contribution in [2.45, 2.75) is 64.6 Å². The molecule has 0 saturated carbocycles. The Labute approximate surface area is 238 Å². The fourth-order valence-corrected chi connectivity index (χ4v) is 4.69. The van der Waals surface area contributed by atoms with Crippen molar-refractivity contribution in [3.63, 3.8) is 0 Å². The standard InChI is InChI=1S/C31H44N4O5/c1-6-21(2)28-31(38)35(4)22(3)29(36)34-26(20-23-13-15-25(39-5)16-14-23)30(37)33-17-9-11-24-10-7-8-12-27(24)40-19-18-32-28/h7-8,10,12-16,21-22,26,28,32H,6,9,11,17-20H2,1-5H3,(H,33,37)(H,34,36)/t21-,22+,26+,28-/m0/s1. The van der Waals surface area contributed by atoms with Gasteiger partial charge in [0.15, 0.2) is 0 Å². The number of carbonyl (C=O) groups excluding carboxylic acids is 3. The summed E-state index contributed by atoms with van der Waals surface area (Å²) in [6, 6.07) is 13.2. The SMILES string of the molecule is CC[C@H](C)[C@@H]1NCCOc2ccccc2CCCNC(=O)[C@@H](Cc2ccc(OC)cc2)NC(=O)[C@@H](C)N(C)C1=O. The van der Waals surface area contributed by atoms with Crippen molar-refractivity contribution in [3.8, 4) is 11.5 Å². The van der Waals surface area contributed by atoms with E-state index in [0.29, 0.717) is 31.9 Å². The molecule has 0 unspecified atom stereocenters. The molecule has 218 valence electrons. The second-order valence-corrected chi connectivity index (χ2v) is 10.4. The van der Waals surface area contributed by atoms with E-state index in [1.54, 1.807) is 21.1 Å². The average molecular weight is 553 g/mol. The first-order valence-corrected chi connectivity index (χ1v) is 14.2. The third-order valence-corrected chi connectivity index (χ3v) is 7.64. The first kappa shape index (κ1) is 30.9. The molecule has 3 amide bonds. The molecule has 2 aromatic carbocycles. The van der Waals surface area contributed by atoms with E-state index in [0.717, 1.165) is 36.1 Å². The molecular weight excluding hydrogens is 508 g/mol. The second-order valence-electron chi connectivity index (χ2n) is 10.4. The van der Waals surface area contributed by atoms with Crippen molar-refractivity contribution < 1.29 is 23.9 Å². The molecule has 0 bridgehead atoms. The molecule has 1 heterocycles. The molecule has 0 aromatic heterocycles. The molecule has 1 aliphatic heterocycles. The zero-order valence-electron chi connectivity index (χ0n) is 24.4. The number of benzene rings is 2. The summed E-state index contributed by atoms with van der Waals surface area (Å²) in [5.41, 5.74) is 1.94. The second kappa shape index (κ2) is 15.3. The summed E-state index contributed by atoms with van der Waals surface area (Å²) in [6.07, 6.45) is 2.55. The van der Waals surface area contributed by atoms with Crippen molar-refractivity contribution >= 4 is 17.7 Å². The summed E-state index contributed by atoms with van der Waals surface area (Å²) in [5.74, 6) is 0.746. The minimum atomic E-state index is -0.801. The molecule has 40 heavy (non-hydrogen) atoms. The first-order chi connectivity index (χ1) is 19.2. The molecule has 3 rings (SSSR count). The Bertz CT molecular complexity index is 1120. The van der Waals surface area contributed by atoms with E-state index in [4.69, 9.17) is 9.47 Å². The van der Waals surface area contributed by atoms with Gasteiger partial charge in [-0.25, -0.2) is 0 Å². The number of ether oxygens (including phenoxy) is 2. The number of nitrogens with one attached hydrogen (secondary N) is 3. The lowest BCUT2D eigenvalue weighted by Crippen LogP contribution is -2.57. The van der Waals surface area contributed by atoms with Crippen LogP contribution in [0.15, 0.2) is 48.5 Å². The maximum absolute atomic E-state index is 13.5. The van der Waals surface area contributed by atoms with Crippen LogP contribution in [-0.4, -0.2) is 74.6 Å². The highest BCUT2D eigenvalue weighted by Crippen LogP contribution is 2.20. The summed E-state index contributed by atoms with van der Waals surface area (Å²) in [7, 11) is 3.23. The third kappa shape index (κ3) is 8.45. The van der Waals surface area contributed by atoms with E-state index in [-0.39, 0.29) is 23.6 Å². The van der Waals surface area contributed by atoms with Crippen LogP contribution in [0.25, 0.3) is 0 Å². The van der Waals surface area contributed by atoms with Crippen LogP contribution in [0.1, 0.15) is 44.7 Å². The largest absolute Gasteiger partial charge is 0.497 e. The summed E-state index contributed by atoms with van der Waals surface area (Å²) in [4.78, 5) is 41.6. The van der Waals surface area contributed by atoms with Gasteiger partial charge in [0.25, 0.3) is 0 Å². The van der Waals surface area contributed by atoms with Crippen molar-refractivity contribution in [1.82, 2.24) is 20.9 Å². The van der Waals surface area contributed by atoms with Gasteiger partial charge in [0, 0.05) is 26.6 Å². The lowest BCUT2D eigenvalue weighted by Gasteiger charge is -2.32. The number of para-hydroxylation sites is 1. The molecular formula is C31H44N4O5. The van der Waals surface area contributed by atoms with E-state index in [1.165, 1.54) is 4.90 Å².